The summed E-state index contributed by atoms with van der Waals surface area (Å²) in [5.41, 5.74) is -2.31. The normalized spacial score (nSPS) is 29.5. The Hall–Kier alpha value is -2.50. The molecule has 2 aliphatic heterocycles. The quantitative estimate of drug-likeness (QED) is 0.197. The molecule has 0 aromatic heterocycles. The van der Waals surface area contributed by atoms with Crippen LogP contribution in [0.25, 0.3) is 0 Å². The number of fused-ring (bicyclic) bond motifs is 2. The van der Waals surface area contributed by atoms with Crippen LogP contribution in [0.4, 0.5) is 0 Å². The van der Waals surface area contributed by atoms with Crippen molar-refractivity contribution in [3.8, 4) is 11.8 Å². The number of carbonyl (C=O) groups is 4. The number of carbonyl (C=O) groups excluding carboxylic acids is 4. The Morgan fingerprint density at radius 2 is 1.94 bits per heavy atom. The summed E-state index contributed by atoms with van der Waals surface area (Å²) in [7, 11) is 2.62. The Morgan fingerprint density at radius 3 is 2.52 bits per heavy atom. The molecule has 0 aliphatic carbocycles. The van der Waals surface area contributed by atoms with Gasteiger partial charge in [-0.2, -0.15) is 0 Å². The zero-order valence-corrected chi connectivity index (χ0v) is 18.9. The highest BCUT2D eigenvalue weighted by atomic mass is 16.7. The topological polar surface area (TPSA) is 105 Å². The Balaban J connectivity index is 2.33. The van der Waals surface area contributed by atoms with Crippen LogP contribution in [0.15, 0.2) is 12.2 Å². The monoisotopic (exact) mass is 434 g/mol. The van der Waals surface area contributed by atoms with E-state index in [-0.39, 0.29) is 25.2 Å². The first-order valence-corrected chi connectivity index (χ1v) is 10.2. The van der Waals surface area contributed by atoms with Gasteiger partial charge in [-0.25, -0.2) is 4.79 Å². The maximum Gasteiger partial charge on any atom is 0.384 e. The van der Waals surface area contributed by atoms with Gasteiger partial charge < -0.3 is 18.9 Å². The minimum absolute atomic E-state index is 0.0818. The van der Waals surface area contributed by atoms with E-state index in [9.17, 15) is 19.2 Å². The fourth-order valence-corrected chi connectivity index (χ4v) is 3.98. The van der Waals surface area contributed by atoms with Crippen LogP contribution in [0.2, 0.25) is 0 Å². The van der Waals surface area contributed by atoms with Crippen LogP contribution < -0.4 is 0 Å². The molecule has 0 aromatic carbocycles. The second kappa shape index (κ2) is 9.33. The molecule has 0 radical (unpaired) electrons. The van der Waals surface area contributed by atoms with E-state index in [1.54, 1.807) is 39.8 Å². The average Bonchev–Trinajstić information content (AvgIpc) is 3.05. The molecule has 2 rings (SSSR count). The van der Waals surface area contributed by atoms with Gasteiger partial charge in [0.2, 0.25) is 5.79 Å². The molecular weight excluding hydrogens is 404 g/mol. The highest BCUT2D eigenvalue weighted by molar-refractivity contribution is 6.09. The first-order chi connectivity index (χ1) is 14.5. The number of Topliss-reactive ketones (excluding diaryl/α,β-unsaturated/α-hetero) is 2. The summed E-state index contributed by atoms with van der Waals surface area (Å²) < 4.78 is 21.2. The van der Waals surface area contributed by atoms with Gasteiger partial charge in [-0.05, 0) is 38.8 Å². The third kappa shape index (κ3) is 4.89. The van der Waals surface area contributed by atoms with Crippen molar-refractivity contribution >= 4 is 23.5 Å². The van der Waals surface area contributed by atoms with Crippen molar-refractivity contribution < 1.29 is 38.1 Å². The van der Waals surface area contributed by atoms with Crippen LogP contribution in [0, 0.1) is 29.1 Å². The third-order valence-corrected chi connectivity index (χ3v) is 5.89. The maximum absolute atomic E-state index is 13.5. The Morgan fingerprint density at radius 1 is 1.26 bits per heavy atom. The third-order valence-electron chi connectivity index (χ3n) is 5.89. The van der Waals surface area contributed by atoms with Crippen LogP contribution in [0.3, 0.4) is 0 Å². The lowest BCUT2D eigenvalue weighted by Crippen LogP contribution is -2.46. The second-order valence-electron chi connectivity index (χ2n) is 8.47. The molecule has 0 amide bonds. The van der Waals surface area contributed by atoms with E-state index < -0.39 is 46.4 Å². The lowest BCUT2D eigenvalue weighted by Gasteiger charge is -2.33. The Labute approximate surface area is 182 Å². The van der Waals surface area contributed by atoms with Gasteiger partial charge >= 0.3 is 11.9 Å². The molecule has 2 heterocycles. The first-order valence-electron chi connectivity index (χ1n) is 10.2. The van der Waals surface area contributed by atoms with Gasteiger partial charge in [-0.15, -0.1) is 0 Å². The van der Waals surface area contributed by atoms with Crippen molar-refractivity contribution in [2.24, 2.45) is 17.3 Å². The number of hydrogen-bond acceptors (Lipinski definition) is 8. The van der Waals surface area contributed by atoms with E-state index in [2.05, 4.69) is 16.6 Å². The van der Waals surface area contributed by atoms with Gasteiger partial charge in [0.1, 0.15) is 17.3 Å². The molecule has 0 spiro atoms. The summed E-state index contributed by atoms with van der Waals surface area (Å²) in [5.74, 6) is -0.516. The van der Waals surface area contributed by atoms with Gasteiger partial charge in [0.25, 0.3) is 0 Å². The predicted octanol–water partition coefficient (Wildman–Crippen LogP) is 1.99. The fourth-order valence-electron chi connectivity index (χ4n) is 3.98. The van der Waals surface area contributed by atoms with E-state index >= 15 is 0 Å². The Bertz CT molecular complexity index is 845. The maximum atomic E-state index is 13.5. The van der Waals surface area contributed by atoms with E-state index in [0.717, 1.165) is 0 Å². The SMILES string of the molecule is CCOC(=O)[C@@H]1CC(C(=O)C(C)(C)CCC#CC(=O)OC)C(=O)[C@]2(C)C=C[C@@]1(OC)O2. The van der Waals surface area contributed by atoms with Crippen LogP contribution in [0.1, 0.15) is 47.0 Å². The highest BCUT2D eigenvalue weighted by Gasteiger charge is 2.60. The van der Waals surface area contributed by atoms with Gasteiger partial charge in [0, 0.05) is 24.9 Å². The summed E-state index contributed by atoms with van der Waals surface area (Å²) >= 11 is 0. The molecule has 1 fully saturated rings. The van der Waals surface area contributed by atoms with Crippen LogP contribution in [-0.4, -0.2) is 55.7 Å². The molecule has 0 N–H and O–H groups in total. The predicted molar refractivity (Wildman–Crippen MR) is 109 cm³/mol. The van der Waals surface area contributed by atoms with Crippen LogP contribution >= 0.6 is 0 Å². The number of ketones is 2. The largest absolute Gasteiger partial charge is 0.466 e. The molecule has 0 aromatic rings. The molecule has 1 unspecified atom stereocenters. The summed E-state index contributed by atoms with van der Waals surface area (Å²) in [6, 6.07) is 0. The fraction of sp³-hybridized carbons (Fsp3) is 0.652. The molecule has 170 valence electrons. The summed E-state index contributed by atoms with van der Waals surface area (Å²) in [6.07, 6.45) is 3.61. The number of rotatable bonds is 7. The Kier molecular flexibility index (Phi) is 7.45. The summed E-state index contributed by atoms with van der Waals surface area (Å²) in [6.45, 7) is 6.82. The van der Waals surface area contributed by atoms with Crippen molar-refractivity contribution in [1.82, 2.24) is 0 Å². The zero-order chi connectivity index (χ0) is 23.4. The van der Waals surface area contributed by atoms with E-state index in [1.807, 2.05) is 0 Å². The van der Waals surface area contributed by atoms with Crippen LogP contribution in [-0.2, 0) is 38.1 Å². The van der Waals surface area contributed by atoms with Crippen molar-refractivity contribution in [2.75, 3.05) is 20.8 Å². The lowest BCUT2D eigenvalue weighted by atomic mass is 9.70. The minimum Gasteiger partial charge on any atom is -0.466 e. The number of methoxy groups -OCH3 is 2. The van der Waals surface area contributed by atoms with Gasteiger partial charge in [-0.3, -0.25) is 14.4 Å². The van der Waals surface area contributed by atoms with Crippen LogP contribution in [0.5, 0.6) is 0 Å². The van der Waals surface area contributed by atoms with E-state index in [1.165, 1.54) is 14.2 Å². The van der Waals surface area contributed by atoms with E-state index in [4.69, 9.17) is 14.2 Å². The lowest BCUT2D eigenvalue weighted by molar-refractivity contribution is -0.240. The number of ether oxygens (including phenoxy) is 4. The molecule has 8 heteroatoms. The smallest absolute Gasteiger partial charge is 0.384 e. The summed E-state index contributed by atoms with van der Waals surface area (Å²) in [4.78, 5) is 50.7. The van der Waals surface area contributed by atoms with Crippen molar-refractivity contribution in [2.45, 2.75) is 58.3 Å². The van der Waals surface area contributed by atoms with Gasteiger partial charge in [0.15, 0.2) is 5.78 Å². The molecule has 2 aliphatic rings. The molecule has 2 bridgehead atoms. The zero-order valence-electron chi connectivity index (χ0n) is 18.9. The number of hydrogen-bond donors (Lipinski definition) is 0. The second-order valence-corrected chi connectivity index (χ2v) is 8.47. The highest BCUT2D eigenvalue weighted by Crippen LogP contribution is 2.47. The molecule has 1 saturated heterocycles. The summed E-state index contributed by atoms with van der Waals surface area (Å²) in [5, 5.41) is 0. The van der Waals surface area contributed by atoms with Crippen molar-refractivity contribution in [1.29, 1.82) is 0 Å². The minimum atomic E-state index is -1.47. The first kappa shape index (κ1) is 24.8. The molecule has 31 heavy (non-hydrogen) atoms. The average molecular weight is 434 g/mol. The number of esters is 2. The van der Waals surface area contributed by atoms with Crippen molar-refractivity contribution in [3.05, 3.63) is 12.2 Å². The molecule has 4 atom stereocenters. The van der Waals surface area contributed by atoms with Gasteiger partial charge in [0.05, 0.1) is 19.6 Å². The van der Waals surface area contributed by atoms with Crippen molar-refractivity contribution in [3.63, 3.8) is 0 Å². The van der Waals surface area contributed by atoms with E-state index in [0.29, 0.717) is 6.42 Å². The standard InChI is InChI=1S/C23H30O8/c1-7-30-20(27)16-14-15(19(26)22(4)12-13-23(16,29-6)31-22)18(25)21(2,3)11-9-8-10-17(24)28-5/h12-13,15-16H,7,9,11,14H2,1-6H3/t15?,16-,22-,23+/m0/s1. The van der Waals surface area contributed by atoms with Gasteiger partial charge in [-0.1, -0.05) is 19.8 Å². The molecule has 8 nitrogen and oxygen atoms in total. The molecular formula is C23H30O8. The molecule has 0 saturated carbocycles.